The van der Waals surface area contributed by atoms with Gasteiger partial charge in [-0.1, -0.05) is 78.9 Å². The Morgan fingerprint density at radius 2 is 1.41 bits per heavy atom. The monoisotopic (exact) mass is 479 g/mol. The average Bonchev–Trinajstić information content (AvgIpc) is 2.95. The highest BCUT2D eigenvalue weighted by atomic mass is 14.7. The van der Waals surface area contributed by atoms with Crippen LogP contribution in [0.25, 0.3) is 44.2 Å². The molecule has 3 aromatic heterocycles. The van der Waals surface area contributed by atoms with Gasteiger partial charge in [-0.15, -0.1) is 0 Å². The molecular weight excluding hydrogens is 450 g/mol. The summed E-state index contributed by atoms with van der Waals surface area (Å²) in [4.78, 5) is 14.4. The Morgan fingerprint density at radius 1 is 0.595 bits per heavy atom. The van der Waals surface area contributed by atoms with Crippen molar-refractivity contribution in [2.75, 3.05) is 0 Å². The zero-order valence-electron chi connectivity index (χ0n) is 21.1. The molecule has 0 saturated heterocycles. The number of fused-ring (bicyclic) bond motifs is 2. The molecule has 6 rings (SSSR count). The first-order chi connectivity index (χ1) is 18.3. The molecular formula is C34H29N3. The lowest BCUT2D eigenvalue weighted by molar-refractivity contribution is 0.734. The molecule has 0 radical (unpaired) electrons. The third-order valence-electron chi connectivity index (χ3n) is 7.06. The van der Waals surface area contributed by atoms with Gasteiger partial charge < -0.3 is 0 Å². The lowest BCUT2D eigenvalue weighted by Gasteiger charge is -2.13. The van der Waals surface area contributed by atoms with Crippen molar-refractivity contribution in [3.63, 3.8) is 0 Å². The predicted octanol–water partition coefficient (Wildman–Crippen LogP) is 8.39. The van der Waals surface area contributed by atoms with Crippen LogP contribution in [0.15, 0.2) is 109 Å². The molecule has 6 aromatic rings. The molecule has 0 aliphatic rings. The van der Waals surface area contributed by atoms with Crippen LogP contribution in [0.5, 0.6) is 0 Å². The standard InChI is InChI=1S/C34H29N3/c1-24-18-20-29-31(16-9-17-33(29)37-24)34-30-15-8-7-14-28(30)27(23-36-34)13-6-5-10-25-19-21-32(35-22-25)26-11-3-2-4-12-26/h2-4,7-9,11-12,14-23H,5-6,10,13H2,1H3. The van der Waals surface area contributed by atoms with E-state index in [1.54, 1.807) is 0 Å². The van der Waals surface area contributed by atoms with Gasteiger partial charge >= 0.3 is 0 Å². The minimum absolute atomic E-state index is 1.01. The Balaban J connectivity index is 1.18. The molecule has 0 unspecified atom stereocenters. The zero-order chi connectivity index (χ0) is 25.0. The summed E-state index contributed by atoms with van der Waals surface area (Å²) in [6, 6.07) is 33.9. The van der Waals surface area contributed by atoms with E-state index in [2.05, 4.69) is 102 Å². The van der Waals surface area contributed by atoms with Crippen molar-refractivity contribution in [2.24, 2.45) is 0 Å². The SMILES string of the molecule is Cc1ccc2c(-c3ncc(CCCCc4ccc(-c5ccccc5)nc4)c4ccccc34)cccc2n1. The largest absolute Gasteiger partial charge is 0.256 e. The lowest BCUT2D eigenvalue weighted by Crippen LogP contribution is -1.96. The number of pyridine rings is 3. The molecule has 180 valence electrons. The number of hydrogen-bond acceptors (Lipinski definition) is 3. The smallest absolute Gasteiger partial charge is 0.0787 e. The Hall–Kier alpha value is -4.37. The van der Waals surface area contributed by atoms with Crippen molar-refractivity contribution in [1.29, 1.82) is 0 Å². The second-order valence-corrected chi connectivity index (χ2v) is 9.63. The van der Waals surface area contributed by atoms with Gasteiger partial charge in [0.15, 0.2) is 0 Å². The Bertz CT molecular complexity index is 1670. The van der Waals surface area contributed by atoms with Gasteiger partial charge in [0.25, 0.3) is 0 Å². The van der Waals surface area contributed by atoms with Crippen LogP contribution in [0.1, 0.15) is 29.7 Å². The van der Waals surface area contributed by atoms with Crippen molar-refractivity contribution in [3.8, 4) is 22.5 Å². The van der Waals surface area contributed by atoms with Gasteiger partial charge in [0.05, 0.1) is 16.9 Å². The minimum atomic E-state index is 1.01. The van der Waals surface area contributed by atoms with Crippen molar-refractivity contribution >= 4 is 21.7 Å². The summed E-state index contributed by atoms with van der Waals surface area (Å²) in [5.74, 6) is 0. The van der Waals surface area contributed by atoms with Crippen LogP contribution in [-0.4, -0.2) is 15.0 Å². The highest BCUT2D eigenvalue weighted by molar-refractivity contribution is 6.03. The highest BCUT2D eigenvalue weighted by Gasteiger charge is 2.12. The highest BCUT2D eigenvalue weighted by Crippen LogP contribution is 2.33. The number of rotatable bonds is 7. The Labute approximate surface area is 217 Å². The average molecular weight is 480 g/mol. The predicted molar refractivity (Wildman–Crippen MR) is 154 cm³/mol. The van der Waals surface area contributed by atoms with Crippen LogP contribution in [0.3, 0.4) is 0 Å². The Morgan fingerprint density at radius 3 is 2.24 bits per heavy atom. The normalized spacial score (nSPS) is 11.3. The van der Waals surface area contributed by atoms with Crippen LogP contribution < -0.4 is 0 Å². The van der Waals surface area contributed by atoms with E-state index in [0.29, 0.717) is 0 Å². The summed E-state index contributed by atoms with van der Waals surface area (Å²) >= 11 is 0. The van der Waals surface area contributed by atoms with Crippen molar-refractivity contribution in [3.05, 3.63) is 126 Å². The molecule has 3 nitrogen and oxygen atoms in total. The molecule has 0 spiro atoms. The fraction of sp³-hybridized carbons (Fsp3) is 0.147. The maximum atomic E-state index is 4.99. The minimum Gasteiger partial charge on any atom is -0.256 e. The molecule has 0 aliphatic carbocycles. The summed E-state index contributed by atoms with van der Waals surface area (Å²) in [6.45, 7) is 2.03. The van der Waals surface area contributed by atoms with Crippen LogP contribution in [0.2, 0.25) is 0 Å². The fourth-order valence-electron chi connectivity index (χ4n) is 5.13. The number of aryl methyl sites for hydroxylation is 3. The van der Waals surface area contributed by atoms with Crippen molar-refractivity contribution in [1.82, 2.24) is 15.0 Å². The summed E-state index contributed by atoms with van der Waals surface area (Å²) < 4.78 is 0. The number of nitrogens with zero attached hydrogens (tertiary/aromatic N) is 3. The number of aromatic nitrogens is 3. The van der Waals surface area contributed by atoms with E-state index in [0.717, 1.165) is 64.8 Å². The fourth-order valence-corrected chi connectivity index (χ4v) is 5.13. The van der Waals surface area contributed by atoms with E-state index in [-0.39, 0.29) is 0 Å². The van der Waals surface area contributed by atoms with Gasteiger partial charge in [0.2, 0.25) is 0 Å². The van der Waals surface area contributed by atoms with Gasteiger partial charge in [-0.2, -0.15) is 0 Å². The molecule has 3 heterocycles. The van der Waals surface area contributed by atoms with E-state index >= 15 is 0 Å². The van der Waals surface area contributed by atoms with Crippen LogP contribution >= 0.6 is 0 Å². The van der Waals surface area contributed by atoms with E-state index in [9.17, 15) is 0 Å². The maximum Gasteiger partial charge on any atom is 0.0787 e. The van der Waals surface area contributed by atoms with E-state index < -0.39 is 0 Å². The second kappa shape index (κ2) is 10.3. The van der Waals surface area contributed by atoms with E-state index in [1.807, 2.05) is 19.2 Å². The maximum absolute atomic E-state index is 4.99. The molecule has 0 fully saturated rings. The third-order valence-corrected chi connectivity index (χ3v) is 7.06. The van der Waals surface area contributed by atoms with Gasteiger partial charge in [0, 0.05) is 40.0 Å². The first-order valence-electron chi connectivity index (χ1n) is 13.0. The molecule has 0 bridgehead atoms. The van der Waals surface area contributed by atoms with Crippen molar-refractivity contribution < 1.29 is 0 Å². The van der Waals surface area contributed by atoms with Gasteiger partial charge in [-0.05, 0) is 67.3 Å². The van der Waals surface area contributed by atoms with Crippen LogP contribution in [-0.2, 0) is 12.8 Å². The van der Waals surface area contributed by atoms with E-state index in [1.165, 1.54) is 21.9 Å². The molecule has 0 atom stereocenters. The molecule has 37 heavy (non-hydrogen) atoms. The van der Waals surface area contributed by atoms with Crippen molar-refractivity contribution in [2.45, 2.75) is 32.6 Å². The first kappa shape index (κ1) is 23.1. The molecule has 0 amide bonds. The van der Waals surface area contributed by atoms with Gasteiger partial charge in [-0.3, -0.25) is 15.0 Å². The summed E-state index contributed by atoms with van der Waals surface area (Å²) in [5.41, 5.74) is 8.99. The molecule has 0 aliphatic heterocycles. The summed E-state index contributed by atoms with van der Waals surface area (Å²) in [7, 11) is 0. The van der Waals surface area contributed by atoms with Crippen LogP contribution in [0.4, 0.5) is 0 Å². The topological polar surface area (TPSA) is 38.7 Å². The molecule has 3 aromatic carbocycles. The second-order valence-electron chi connectivity index (χ2n) is 9.63. The summed E-state index contributed by atoms with van der Waals surface area (Å²) in [5, 5.41) is 3.64. The number of unbranched alkanes of at least 4 members (excludes halogenated alkanes) is 1. The third kappa shape index (κ3) is 4.85. The number of benzene rings is 3. The summed E-state index contributed by atoms with van der Waals surface area (Å²) in [6.07, 6.45) is 8.39. The first-order valence-corrected chi connectivity index (χ1v) is 13.0. The molecule has 0 saturated carbocycles. The van der Waals surface area contributed by atoms with Gasteiger partial charge in [-0.25, -0.2) is 0 Å². The lowest BCUT2D eigenvalue weighted by atomic mass is 9.96. The molecule has 3 heteroatoms. The quantitative estimate of drug-likeness (QED) is 0.216. The van der Waals surface area contributed by atoms with Crippen LogP contribution in [0, 0.1) is 6.92 Å². The van der Waals surface area contributed by atoms with E-state index in [4.69, 9.17) is 9.97 Å². The zero-order valence-corrected chi connectivity index (χ0v) is 21.1. The Kier molecular flexibility index (Phi) is 6.43. The number of hydrogen-bond donors (Lipinski definition) is 0. The molecule has 0 N–H and O–H groups in total. The van der Waals surface area contributed by atoms with Gasteiger partial charge in [0.1, 0.15) is 0 Å².